The van der Waals surface area contributed by atoms with Crippen molar-refractivity contribution in [3.8, 4) is 5.75 Å². The highest BCUT2D eigenvalue weighted by Crippen LogP contribution is 2.30. The first-order chi connectivity index (χ1) is 15.1. The van der Waals surface area contributed by atoms with Crippen LogP contribution < -0.4 is 4.74 Å². The summed E-state index contributed by atoms with van der Waals surface area (Å²) in [5, 5.41) is 0. The highest BCUT2D eigenvalue weighted by atomic mass is 16.5. The number of fused-ring (bicyclic) bond motifs is 1. The maximum absolute atomic E-state index is 12.4. The SMILES string of the molecule is C=CCN1CC(c2nc3ccccc3n2CCCCOc2ccc(C)cc2C)CC1=O. The molecule has 5 nitrogen and oxygen atoms in total. The van der Waals surface area contributed by atoms with Crippen LogP contribution >= 0.6 is 0 Å². The first-order valence-electron chi connectivity index (χ1n) is 11.1. The maximum atomic E-state index is 12.4. The normalized spacial score (nSPS) is 16.3. The van der Waals surface area contributed by atoms with E-state index in [1.165, 1.54) is 11.1 Å². The Bertz CT molecular complexity index is 1090. The van der Waals surface area contributed by atoms with Gasteiger partial charge in [0.2, 0.25) is 5.91 Å². The van der Waals surface area contributed by atoms with Crippen LogP contribution in [0.25, 0.3) is 11.0 Å². The Balaban J connectivity index is 1.43. The second-order valence-electron chi connectivity index (χ2n) is 8.42. The third kappa shape index (κ3) is 4.66. The summed E-state index contributed by atoms with van der Waals surface area (Å²) < 4.78 is 8.31. The zero-order chi connectivity index (χ0) is 21.8. The number of ether oxygens (including phenoxy) is 1. The molecule has 0 spiro atoms. The van der Waals surface area contributed by atoms with Crippen molar-refractivity contribution >= 4 is 16.9 Å². The molecule has 1 saturated heterocycles. The van der Waals surface area contributed by atoms with Gasteiger partial charge in [-0.3, -0.25) is 4.79 Å². The average molecular weight is 418 g/mol. The van der Waals surface area contributed by atoms with E-state index in [1.54, 1.807) is 6.08 Å². The predicted octanol–water partition coefficient (Wildman–Crippen LogP) is 5.01. The number of amides is 1. The molecule has 1 aliphatic heterocycles. The zero-order valence-electron chi connectivity index (χ0n) is 18.5. The minimum absolute atomic E-state index is 0.131. The molecule has 3 aromatic rings. The van der Waals surface area contributed by atoms with Gasteiger partial charge >= 0.3 is 0 Å². The minimum atomic E-state index is 0.131. The minimum Gasteiger partial charge on any atom is -0.493 e. The van der Waals surface area contributed by atoms with E-state index in [1.807, 2.05) is 11.0 Å². The number of carbonyl (C=O) groups is 1. The third-order valence-corrected chi connectivity index (χ3v) is 5.98. The summed E-state index contributed by atoms with van der Waals surface area (Å²) in [6.07, 6.45) is 4.27. The lowest BCUT2D eigenvalue weighted by Crippen LogP contribution is -2.25. The van der Waals surface area contributed by atoms with E-state index in [2.05, 4.69) is 61.4 Å². The topological polar surface area (TPSA) is 47.4 Å². The highest BCUT2D eigenvalue weighted by molar-refractivity contribution is 5.81. The number of imidazole rings is 1. The molecular formula is C26H31N3O2. The van der Waals surface area contributed by atoms with Crippen LogP contribution in [0.5, 0.6) is 5.75 Å². The van der Waals surface area contributed by atoms with E-state index in [4.69, 9.17) is 9.72 Å². The number of aromatic nitrogens is 2. The molecular weight excluding hydrogens is 386 g/mol. The van der Waals surface area contributed by atoms with Gasteiger partial charge in [-0.2, -0.15) is 0 Å². The molecule has 162 valence electrons. The number of para-hydroxylation sites is 2. The van der Waals surface area contributed by atoms with Crippen LogP contribution in [0.4, 0.5) is 0 Å². The summed E-state index contributed by atoms with van der Waals surface area (Å²) in [6, 6.07) is 14.5. The Morgan fingerprint density at radius 1 is 1.19 bits per heavy atom. The van der Waals surface area contributed by atoms with Crippen molar-refractivity contribution < 1.29 is 9.53 Å². The Kier molecular flexibility index (Phi) is 6.40. The fourth-order valence-corrected chi connectivity index (χ4v) is 4.43. The molecule has 0 N–H and O–H groups in total. The van der Waals surface area contributed by atoms with E-state index in [-0.39, 0.29) is 11.8 Å². The second kappa shape index (κ2) is 9.38. The molecule has 1 unspecified atom stereocenters. The van der Waals surface area contributed by atoms with Crippen LogP contribution in [-0.4, -0.2) is 40.1 Å². The number of aryl methyl sites for hydroxylation is 3. The molecule has 2 aromatic carbocycles. The third-order valence-electron chi connectivity index (χ3n) is 5.98. The Morgan fingerprint density at radius 2 is 2.03 bits per heavy atom. The fraction of sp³-hybridized carbons (Fsp3) is 0.385. The van der Waals surface area contributed by atoms with Crippen molar-refractivity contribution in [3.05, 3.63) is 72.1 Å². The number of hydrogen-bond donors (Lipinski definition) is 0. The highest BCUT2D eigenvalue weighted by Gasteiger charge is 2.33. The molecule has 0 bridgehead atoms. The van der Waals surface area contributed by atoms with Gasteiger partial charge in [0, 0.05) is 32.0 Å². The van der Waals surface area contributed by atoms with Gasteiger partial charge in [-0.1, -0.05) is 35.9 Å². The predicted molar refractivity (Wildman–Crippen MR) is 125 cm³/mol. The molecule has 1 atom stereocenters. The Labute approximate surface area is 184 Å². The number of rotatable bonds is 9. The Hall–Kier alpha value is -3.08. The van der Waals surface area contributed by atoms with Crippen molar-refractivity contribution in [2.24, 2.45) is 0 Å². The smallest absolute Gasteiger partial charge is 0.223 e. The van der Waals surface area contributed by atoms with Crippen LogP contribution in [-0.2, 0) is 11.3 Å². The van der Waals surface area contributed by atoms with Crippen LogP contribution in [0, 0.1) is 13.8 Å². The molecule has 0 saturated carbocycles. The lowest BCUT2D eigenvalue weighted by Gasteiger charge is -2.16. The molecule has 1 fully saturated rings. The lowest BCUT2D eigenvalue weighted by molar-refractivity contribution is -0.127. The summed E-state index contributed by atoms with van der Waals surface area (Å²) in [5.41, 5.74) is 4.57. The van der Waals surface area contributed by atoms with Gasteiger partial charge in [-0.05, 0) is 50.5 Å². The molecule has 4 rings (SSSR count). The summed E-state index contributed by atoms with van der Waals surface area (Å²) in [7, 11) is 0. The van der Waals surface area contributed by atoms with Gasteiger partial charge in [0.05, 0.1) is 17.6 Å². The number of carbonyl (C=O) groups excluding carboxylic acids is 1. The van der Waals surface area contributed by atoms with Gasteiger partial charge in [0.1, 0.15) is 11.6 Å². The summed E-state index contributed by atoms with van der Waals surface area (Å²) in [6.45, 7) is 10.8. The second-order valence-corrected chi connectivity index (χ2v) is 8.42. The van der Waals surface area contributed by atoms with Crippen LogP contribution in [0.2, 0.25) is 0 Å². The van der Waals surface area contributed by atoms with Crippen molar-refractivity contribution in [3.63, 3.8) is 0 Å². The first-order valence-corrected chi connectivity index (χ1v) is 11.1. The Morgan fingerprint density at radius 3 is 2.84 bits per heavy atom. The van der Waals surface area contributed by atoms with E-state index >= 15 is 0 Å². The van der Waals surface area contributed by atoms with E-state index in [0.29, 0.717) is 26.1 Å². The summed E-state index contributed by atoms with van der Waals surface area (Å²) >= 11 is 0. The van der Waals surface area contributed by atoms with Gasteiger partial charge in [0.15, 0.2) is 0 Å². The lowest BCUT2D eigenvalue weighted by atomic mass is 10.1. The van der Waals surface area contributed by atoms with Gasteiger partial charge in [0.25, 0.3) is 0 Å². The molecule has 1 aliphatic rings. The van der Waals surface area contributed by atoms with Crippen LogP contribution in [0.1, 0.15) is 42.1 Å². The molecule has 0 radical (unpaired) electrons. The largest absolute Gasteiger partial charge is 0.493 e. The average Bonchev–Trinajstić information content (AvgIpc) is 3.30. The summed E-state index contributed by atoms with van der Waals surface area (Å²) in [4.78, 5) is 19.2. The number of nitrogens with zero attached hydrogens (tertiary/aromatic N) is 3. The standard InChI is InChI=1S/C26H31N3O2/c1-4-13-28-18-21(17-25(28)30)26-27-22-9-5-6-10-23(22)29(26)14-7-8-15-31-24-12-11-19(2)16-20(24)3/h4-6,9-12,16,21H,1,7-8,13-15,17-18H2,2-3H3. The van der Waals surface area contributed by atoms with Gasteiger partial charge in [-0.15, -0.1) is 6.58 Å². The van der Waals surface area contributed by atoms with Crippen LogP contribution in [0.15, 0.2) is 55.1 Å². The molecule has 5 heteroatoms. The number of unbranched alkanes of at least 4 members (excludes halogenated alkanes) is 1. The molecule has 1 aromatic heterocycles. The quantitative estimate of drug-likeness (QED) is 0.363. The number of hydrogen-bond acceptors (Lipinski definition) is 3. The molecule has 31 heavy (non-hydrogen) atoms. The van der Waals surface area contributed by atoms with Crippen molar-refractivity contribution in [2.45, 2.75) is 45.6 Å². The molecule has 2 heterocycles. The van der Waals surface area contributed by atoms with Crippen LogP contribution in [0.3, 0.4) is 0 Å². The van der Waals surface area contributed by atoms with Crippen molar-refractivity contribution in [1.82, 2.24) is 14.5 Å². The van der Waals surface area contributed by atoms with Crippen molar-refractivity contribution in [1.29, 1.82) is 0 Å². The number of benzene rings is 2. The summed E-state index contributed by atoms with van der Waals surface area (Å²) in [5.74, 6) is 2.30. The fourth-order valence-electron chi connectivity index (χ4n) is 4.43. The van der Waals surface area contributed by atoms with Gasteiger partial charge in [-0.25, -0.2) is 4.98 Å². The van der Waals surface area contributed by atoms with Crippen molar-refractivity contribution in [2.75, 3.05) is 19.7 Å². The van der Waals surface area contributed by atoms with E-state index in [9.17, 15) is 4.79 Å². The molecule has 1 amide bonds. The maximum Gasteiger partial charge on any atom is 0.223 e. The van der Waals surface area contributed by atoms with Gasteiger partial charge < -0.3 is 14.2 Å². The number of likely N-dealkylation sites (tertiary alicyclic amines) is 1. The first kappa shape index (κ1) is 21.2. The molecule has 0 aliphatic carbocycles. The van der Waals surface area contributed by atoms with E-state index in [0.717, 1.165) is 42.0 Å². The monoisotopic (exact) mass is 417 g/mol. The van der Waals surface area contributed by atoms with E-state index < -0.39 is 0 Å². The zero-order valence-corrected chi connectivity index (χ0v) is 18.5.